The monoisotopic (exact) mass is 431 g/mol. The highest BCUT2D eigenvalue weighted by molar-refractivity contribution is 6.04. The molecule has 3 aromatic heterocycles. The number of benzene rings is 1. The number of aryl methyl sites for hydroxylation is 1. The Morgan fingerprint density at radius 1 is 1.09 bits per heavy atom. The number of amides is 1. The first-order valence-corrected chi connectivity index (χ1v) is 10.6. The van der Waals surface area contributed by atoms with Gasteiger partial charge in [-0.15, -0.1) is 0 Å². The summed E-state index contributed by atoms with van der Waals surface area (Å²) in [5, 5.41) is 6.01. The molecule has 8 heteroatoms. The molecule has 0 fully saturated rings. The van der Waals surface area contributed by atoms with Crippen molar-refractivity contribution in [2.45, 2.75) is 33.7 Å². The Morgan fingerprint density at radius 2 is 1.81 bits per heavy atom. The third-order valence-corrected chi connectivity index (χ3v) is 5.00. The van der Waals surface area contributed by atoms with Gasteiger partial charge in [-0.3, -0.25) is 9.20 Å². The molecule has 8 nitrogen and oxygen atoms in total. The topological polar surface area (TPSA) is 110 Å². The fourth-order valence-electron chi connectivity index (χ4n) is 3.23. The molecule has 0 saturated heterocycles. The van der Waals surface area contributed by atoms with Crippen LogP contribution in [0.2, 0.25) is 0 Å². The number of anilines is 2. The van der Waals surface area contributed by atoms with Gasteiger partial charge in [-0.25, -0.2) is 15.0 Å². The molecule has 0 radical (unpaired) electrons. The number of nitrogens with two attached hydrogens (primary N) is 1. The molecule has 0 bridgehead atoms. The van der Waals surface area contributed by atoms with Crippen molar-refractivity contribution in [3.8, 4) is 11.3 Å². The van der Waals surface area contributed by atoms with E-state index in [-0.39, 0.29) is 11.9 Å². The largest absolute Gasteiger partial charge is 0.382 e. The molecular formula is C24H29N7O. The summed E-state index contributed by atoms with van der Waals surface area (Å²) in [5.74, 6) is 1.53. The van der Waals surface area contributed by atoms with Crippen LogP contribution in [0.5, 0.6) is 0 Å². The van der Waals surface area contributed by atoms with E-state index in [2.05, 4.69) is 20.6 Å². The Bertz CT molecular complexity index is 1200. The predicted molar refractivity (Wildman–Crippen MR) is 129 cm³/mol. The van der Waals surface area contributed by atoms with E-state index in [4.69, 9.17) is 10.7 Å². The van der Waals surface area contributed by atoms with Crippen molar-refractivity contribution < 1.29 is 4.79 Å². The number of aromatic nitrogens is 4. The number of nitrogens with one attached hydrogen (secondary N) is 2. The van der Waals surface area contributed by atoms with Crippen LogP contribution in [0.4, 0.5) is 11.6 Å². The molecule has 1 amide bonds. The van der Waals surface area contributed by atoms with Crippen LogP contribution in [0.3, 0.4) is 0 Å². The number of hydrogen-bond donors (Lipinski definition) is 3. The summed E-state index contributed by atoms with van der Waals surface area (Å²) in [7, 11) is 1.88. The number of rotatable bonds is 5. The number of imidazole rings is 1. The van der Waals surface area contributed by atoms with Gasteiger partial charge in [0.25, 0.3) is 5.91 Å². The van der Waals surface area contributed by atoms with Crippen LogP contribution in [0.25, 0.3) is 16.8 Å². The van der Waals surface area contributed by atoms with E-state index in [1.165, 1.54) is 0 Å². The standard InChI is InChI=1S/C22H23N7O.C2H6/c1-13-4-9-17(26-12-13)27-22(30)16-7-5-15(6-8-16)18-19-20(23)25-10-11-29(19)21(28-18)14(2)24-3;1-2/h4-12,14,24H,1-3H3,(H2,23,25)(H,26,27,30);1-2H3. The number of nitrogens with zero attached hydrogens (tertiary/aromatic N) is 4. The molecule has 4 N–H and O–H groups in total. The van der Waals surface area contributed by atoms with Gasteiger partial charge >= 0.3 is 0 Å². The van der Waals surface area contributed by atoms with Crippen molar-refractivity contribution in [1.29, 1.82) is 0 Å². The lowest BCUT2D eigenvalue weighted by molar-refractivity contribution is 0.102. The number of nitrogen functional groups attached to an aromatic ring is 1. The number of carbonyl (C=O) groups excluding carboxylic acids is 1. The zero-order chi connectivity index (χ0) is 23.3. The lowest BCUT2D eigenvalue weighted by atomic mass is 10.1. The van der Waals surface area contributed by atoms with E-state index in [1.54, 1.807) is 30.6 Å². The first-order chi connectivity index (χ1) is 15.5. The fourth-order valence-corrected chi connectivity index (χ4v) is 3.23. The van der Waals surface area contributed by atoms with Gasteiger partial charge < -0.3 is 16.4 Å². The number of hydrogen-bond acceptors (Lipinski definition) is 6. The molecule has 1 atom stereocenters. The summed E-state index contributed by atoms with van der Waals surface area (Å²) in [5.41, 5.74) is 10.0. The second kappa shape index (κ2) is 10.0. The molecule has 1 unspecified atom stereocenters. The minimum Gasteiger partial charge on any atom is -0.382 e. The summed E-state index contributed by atoms with van der Waals surface area (Å²) in [6, 6.07) is 11.0. The average molecular weight is 432 g/mol. The number of carbonyl (C=O) groups is 1. The van der Waals surface area contributed by atoms with E-state index < -0.39 is 0 Å². The fraction of sp³-hybridized carbons (Fsp3) is 0.250. The highest BCUT2D eigenvalue weighted by Gasteiger charge is 2.19. The molecule has 0 aliphatic carbocycles. The van der Waals surface area contributed by atoms with Gasteiger partial charge in [-0.1, -0.05) is 32.0 Å². The van der Waals surface area contributed by atoms with Gasteiger partial charge in [-0.2, -0.15) is 0 Å². The summed E-state index contributed by atoms with van der Waals surface area (Å²) < 4.78 is 1.95. The lowest BCUT2D eigenvalue weighted by Gasteiger charge is -2.08. The molecule has 0 aliphatic rings. The Hall–Kier alpha value is -3.78. The lowest BCUT2D eigenvalue weighted by Crippen LogP contribution is -2.15. The number of fused-ring (bicyclic) bond motifs is 1. The summed E-state index contributed by atoms with van der Waals surface area (Å²) in [4.78, 5) is 25.8. The molecular weight excluding hydrogens is 402 g/mol. The second-order valence-electron chi connectivity index (χ2n) is 7.11. The second-order valence-corrected chi connectivity index (χ2v) is 7.11. The number of pyridine rings is 1. The quantitative estimate of drug-likeness (QED) is 0.436. The third-order valence-electron chi connectivity index (χ3n) is 5.00. The zero-order valence-corrected chi connectivity index (χ0v) is 19.0. The van der Waals surface area contributed by atoms with Crippen molar-refractivity contribution in [2.75, 3.05) is 18.1 Å². The van der Waals surface area contributed by atoms with Crippen LogP contribution in [-0.2, 0) is 0 Å². The van der Waals surface area contributed by atoms with Gasteiger partial charge in [-0.05, 0) is 44.7 Å². The smallest absolute Gasteiger partial charge is 0.256 e. The van der Waals surface area contributed by atoms with Crippen molar-refractivity contribution >= 4 is 23.1 Å². The molecule has 0 aliphatic heterocycles. The highest BCUT2D eigenvalue weighted by Crippen LogP contribution is 2.30. The highest BCUT2D eigenvalue weighted by atomic mass is 16.1. The first kappa shape index (κ1) is 22.9. The SMILES string of the molecule is CC.CNC(C)c1nc(-c2ccc(C(=O)Nc3ccc(C)cn3)cc2)c2c(N)nccn12. The Kier molecular flexibility index (Phi) is 7.17. The first-order valence-electron chi connectivity index (χ1n) is 10.6. The molecule has 32 heavy (non-hydrogen) atoms. The van der Waals surface area contributed by atoms with Crippen LogP contribution in [0.15, 0.2) is 55.0 Å². The van der Waals surface area contributed by atoms with Crippen LogP contribution >= 0.6 is 0 Å². The minimum atomic E-state index is -0.224. The molecule has 1 aromatic carbocycles. The molecule has 0 spiro atoms. The van der Waals surface area contributed by atoms with Gasteiger partial charge in [0.15, 0.2) is 0 Å². The Labute approximate surface area is 187 Å². The zero-order valence-electron chi connectivity index (χ0n) is 19.0. The predicted octanol–water partition coefficient (Wildman–Crippen LogP) is 4.24. The van der Waals surface area contributed by atoms with Crippen LogP contribution in [0, 0.1) is 6.92 Å². The molecule has 4 aromatic rings. The summed E-state index contributed by atoms with van der Waals surface area (Å²) in [6.45, 7) is 7.98. The van der Waals surface area contributed by atoms with E-state index >= 15 is 0 Å². The van der Waals surface area contributed by atoms with Crippen LogP contribution < -0.4 is 16.4 Å². The summed E-state index contributed by atoms with van der Waals surface area (Å²) in [6.07, 6.45) is 5.22. The maximum atomic E-state index is 12.5. The maximum absolute atomic E-state index is 12.5. The van der Waals surface area contributed by atoms with Gasteiger partial charge in [0.1, 0.15) is 28.7 Å². The molecule has 4 rings (SSSR count). The van der Waals surface area contributed by atoms with Crippen molar-refractivity contribution in [2.24, 2.45) is 0 Å². The minimum absolute atomic E-state index is 0.0279. The van der Waals surface area contributed by atoms with E-state index in [0.717, 1.165) is 28.2 Å². The maximum Gasteiger partial charge on any atom is 0.256 e. The average Bonchev–Trinajstić information content (AvgIpc) is 3.22. The Balaban J connectivity index is 0.00000141. The van der Waals surface area contributed by atoms with Crippen LogP contribution in [-0.4, -0.2) is 32.3 Å². The Morgan fingerprint density at radius 3 is 2.44 bits per heavy atom. The molecule has 0 saturated carbocycles. The van der Waals surface area contributed by atoms with Crippen LogP contribution in [0.1, 0.15) is 48.6 Å². The van der Waals surface area contributed by atoms with Crippen molar-refractivity contribution in [1.82, 2.24) is 24.7 Å². The van der Waals surface area contributed by atoms with Gasteiger partial charge in [0.05, 0.1) is 6.04 Å². The summed E-state index contributed by atoms with van der Waals surface area (Å²) >= 11 is 0. The van der Waals surface area contributed by atoms with E-state index in [0.29, 0.717) is 17.2 Å². The normalized spacial score (nSPS) is 11.5. The van der Waals surface area contributed by atoms with Gasteiger partial charge in [0.2, 0.25) is 0 Å². The third kappa shape index (κ3) is 4.60. The molecule has 3 heterocycles. The van der Waals surface area contributed by atoms with E-state index in [9.17, 15) is 4.79 Å². The molecule has 166 valence electrons. The van der Waals surface area contributed by atoms with Gasteiger partial charge in [0, 0.05) is 29.7 Å². The van der Waals surface area contributed by atoms with Crippen molar-refractivity contribution in [3.63, 3.8) is 0 Å². The van der Waals surface area contributed by atoms with Crippen molar-refractivity contribution in [3.05, 3.63) is 71.9 Å². The van der Waals surface area contributed by atoms with E-state index in [1.807, 2.05) is 63.5 Å².